The molecular weight excluding hydrogens is 404 g/mol. The van der Waals surface area contributed by atoms with E-state index < -0.39 is 9.05 Å². The van der Waals surface area contributed by atoms with E-state index in [-0.39, 0.29) is 10.5 Å². The van der Waals surface area contributed by atoms with E-state index >= 15 is 0 Å². The van der Waals surface area contributed by atoms with Gasteiger partial charge in [-0.05, 0) is 50.7 Å². The Hall–Kier alpha value is 0.160. The SMILES string of the molecule is N#Cc1ccc(I)c(Br)c1S(=O)(=O)Cl. The number of nitriles is 1. The Morgan fingerprint density at radius 1 is 1.50 bits per heavy atom. The van der Waals surface area contributed by atoms with Crippen molar-refractivity contribution in [3.8, 4) is 6.07 Å². The molecule has 0 N–H and O–H groups in total. The highest BCUT2D eigenvalue weighted by Gasteiger charge is 2.21. The molecule has 1 rings (SSSR count). The lowest BCUT2D eigenvalue weighted by atomic mass is 10.2. The van der Waals surface area contributed by atoms with Gasteiger partial charge in [0.05, 0.1) is 10.0 Å². The smallest absolute Gasteiger partial charge is 0.207 e. The van der Waals surface area contributed by atoms with E-state index in [4.69, 9.17) is 15.9 Å². The van der Waals surface area contributed by atoms with Crippen molar-refractivity contribution in [2.75, 3.05) is 0 Å². The van der Waals surface area contributed by atoms with Gasteiger partial charge in [-0.3, -0.25) is 0 Å². The fourth-order valence-corrected chi connectivity index (χ4v) is 3.94. The van der Waals surface area contributed by atoms with Crippen LogP contribution in [0.15, 0.2) is 21.5 Å². The van der Waals surface area contributed by atoms with Crippen LogP contribution in [0.4, 0.5) is 0 Å². The van der Waals surface area contributed by atoms with Gasteiger partial charge in [-0.15, -0.1) is 0 Å². The molecule has 74 valence electrons. The van der Waals surface area contributed by atoms with E-state index in [1.54, 1.807) is 12.1 Å². The molecule has 0 heterocycles. The fourth-order valence-electron chi connectivity index (χ4n) is 0.858. The number of benzene rings is 1. The molecule has 0 unspecified atom stereocenters. The predicted octanol–water partition coefficient (Wildman–Crippen LogP) is 2.85. The highest BCUT2D eigenvalue weighted by Crippen LogP contribution is 2.32. The lowest BCUT2D eigenvalue weighted by Crippen LogP contribution is -1.98. The number of halogens is 3. The molecule has 1 aromatic rings. The highest BCUT2D eigenvalue weighted by atomic mass is 127. The third kappa shape index (κ3) is 2.39. The minimum absolute atomic E-state index is 0.0345. The molecule has 0 fully saturated rings. The summed E-state index contributed by atoms with van der Waals surface area (Å²) in [5.41, 5.74) is 0.0345. The van der Waals surface area contributed by atoms with Gasteiger partial charge in [0, 0.05) is 14.3 Å². The predicted molar refractivity (Wildman–Crippen MR) is 64.6 cm³/mol. The molecule has 0 aliphatic carbocycles. The lowest BCUT2D eigenvalue weighted by Gasteiger charge is -2.04. The molecule has 1 aromatic carbocycles. The van der Waals surface area contributed by atoms with Gasteiger partial charge in [-0.2, -0.15) is 5.26 Å². The standard InChI is InChI=1S/C7H2BrClINO2S/c8-6-5(10)2-1-4(3-11)7(6)14(9,12)13/h1-2H. The Labute approximate surface area is 108 Å². The Balaban J connectivity index is 3.72. The lowest BCUT2D eigenvalue weighted by molar-refractivity contribution is 0.609. The number of hydrogen-bond donors (Lipinski definition) is 0. The zero-order chi connectivity index (χ0) is 10.9. The van der Waals surface area contributed by atoms with Crippen molar-refractivity contribution < 1.29 is 8.42 Å². The van der Waals surface area contributed by atoms with Gasteiger partial charge in [0.25, 0.3) is 9.05 Å². The zero-order valence-electron chi connectivity index (χ0n) is 6.46. The maximum absolute atomic E-state index is 11.2. The van der Waals surface area contributed by atoms with E-state index in [0.29, 0.717) is 8.04 Å². The summed E-state index contributed by atoms with van der Waals surface area (Å²) in [7, 11) is 1.31. The third-order valence-electron chi connectivity index (χ3n) is 1.41. The van der Waals surface area contributed by atoms with Crippen LogP contribution >= 0.6 is 49.2 Å². The van der Waals surface area contributed by atoms with Crippen LogP contribution in [-0.2, 0) is 9.05 Å². The van der Waals surface area contributed by atoms with Crippen molar-refractivity contribution >= 4 is 58.3 Å². The first-order valence-electron chi connectivity index (χ1n) is 3.20. The van der Waals surface area contributed by atoms with Crippen molar-refractivity contribution in [1.82, 2.24) is 0 Å². The molecule has 0 saturated heterocycles. The van der Waals surface area contributed by atoms with Crippen LogP contribution in [0.5, 0.6) is 0 Å². The molecular formula is C7H2BrClINO2S. The Bertz CT molecular complexity index is 523. The maximum Gasteiger partial charge on any atom is 0.263 e. The number of nitrogens with zero attached hydrogens (tertiary/aromatic N) is 1. The average Bonchev–Trinajstić information content (AvgIpc) is 2.07. The van der Waals surface area contributed by atoms with E-state index in [2.05, 4.69) is 15.9 Å². The second-order valence-electron chi connectivity index (χ2n) is 2.29. The Morgan fingerprint density at radius 2 is 2.07 bits per heavy atom. The first kappa shape index (κ1) is 12.2. The van der Waals surface area contributed by atoms with Crippen molar-refractivity contribution in [3.63, 3.8) is 0 Å². The second kappa shape index (κ2) is 4.35. The maximum atomic E-state index is 11.2. The molecule has 0 aliphatic heterocycles. The van der Waals surface area contributed by atoms with Crippen LogP contribution in [0.2, 0.25) is 0 Å². The molecule has 3 nitrogen and oxygen atoms in total. The van der Waals surface area contributed by atoms with Gasteiger partial charge >= 0.3 is 0 Å². The Morgan fingerprint density at radius 3 is 2.50 bits per heavy atom. The normalized spacial score (nSPS) is 11.0. The average molecular weight is 406 g/mol. The minimum Gasteiger partial charge on any atom is -0.207 e. The summed E-state index contributed by atoms with van der Waals surface area (Å²) in [5, 5.41) is 8.70. The van der Waals surface area contributed by atoms with Crippen LogP contribution < -0.4 is 0 Å². The first-order valence-corrected chi connectivity index (χ1v) is 7.39. The van der Waals surface area contributed by atoms with Crippen LogP contribution in [0.3, 0.4) is 0 Å². The summed E-state index contributed by atoms with van der Waals surface area (Å²) in [6.07, 6.45) is 0. The summed E-state index contributed by atoms with van der Waals surface area (Å²) < 4.78 is 23.3. The molecule has 7 heteroatoms. The van der Waals surface area contributed by atoms with Crippen LogP contribution in [0.25, 0.3) is 0 Å². The fraction of sp³-hybridized carbons (Fsp3) is 0. The second-order valence-corrected chi connectivity index (χ2v) is 6.75. The monoisotopic (exact) mass is 405 g/mol. The topological polar surface area (TPSA) is 57.9 Å². The highest BCUT2D eigenvalue weighted by molar-refractivity contribution is 14.1. The summed E-state index contributed by atoms with van der Waals surface area (Å²) in [6.45, 7) is 0. The van der Waals surface area contributed by atoms with E-state index in [9.17, 15) is 8.42 Å². The molecule has 0 bridgehead atoms. The van der Waals surface area contributed by atoms with Gasteiger partial charge in [0.2, 0.25) is 0 Å². The molecule has 0 atom stereocenters. The largest absolute Gasteiger partial charge is 0.263 e. The van der Waals surface area contributed by atoms with Gasteiger partial charge in [-0.1, -0.05) is 0 Å². The van der Waals surface area contributed by atoms with Gasteiger partial charge in [0.1, 0.15) is 11.0 Å². The van der Waals surface area contributed by atoms with Crippen LogP contribution in [0, 0.1) is 14.9 Å². The van der Waals surface area contributed by atoms with Crippen molar-refractivity contribution in [2.24, 2.45) is 0 Å². The van der Waals surface area contributed by atoms with Gasteiger partial charge in [0.15, 0.2) is 0 Å². The summed E-state index contributed by atoms with van der Waals surface area (Å²) in [5.74, 6) is 0. The van der Waals surface area contributed by atoms with E-state index in [0.717, 1.165) is 0 Å². The molecule has 0 spiro atoms. The molecule has 14 heavy (non-hydrogen) atoms. The van der Waals surface area contributed by atoms with Crippen LogP contribution in [0.1, 0.15) is 5.56 Å². The van der Waals surface area contributed by atoms with Crippen LogP contribution in [-0.4, -0.2) is 8.42 Å². The van der Waals surface area contributed by atoms with Gasteiger partial charge in [-0.25, -0.2) is 8.42 Å². The van der Waals surface area contributed by atoms with E-state index in [1.807, 2.05) is 22.6 Å². The zero-order valence-corrected chi connectivity index (χ0v) is 11.8. The number of rotatable bonds is 1. The quantitative estimate of drug-likeness (QED) is 0.532. The number of hydrogen-bond acceptors (Lipinski definition) is 3. The summed E-state index contributed by atoms with van der Waals surface area (Å²) in [4.78, 5) is -0.173. The molecule has 0 radical (unpaired) electrons. The van der Waals surface area contributed by atoms with E-state index in [1.165, 1.54) is 6.07 Å². The molecule has 0 saturated carbocycles. The summed E-state index contributed by atoms with van der Waals surface area (Å²) in [6, 6.07) is 4.83. The van der Waals surface area contributed by atoms with Crippen molar-refractivity contribution in [2.45, 2.75) is 4.90 Å². The van der Waals surface area contributed by atoms with Gasteiger partial charge < -0.3 is 0 Å². The molecule has 0 aliphatic rings. The third-order valence-corrected chi connectivity index (χ3v) is 5.52. The minimum atomic E-state index is -3.90. The molecule has 0 aromatic heterocycles. The Kier molecular flexibility index (Phi) is 3.80. The summed E-state index contributed by atoms with van der Waals surface area (Å²) >= 11 is 5.03. The first-order chi connectivity index (χ1) is 6.38. The van der Waals surface area contributed by atoms with Crippen molar-refractivity contribution in [1.29, 1.82) is 5.26 Å². The van der Waals surface area contributed by atoms with Crippen molar-refractivity contribution in [3.05, 3.63) is 25.7 Å². The molecule has 0 amide bonds.